The molecular formula is C21H25F3N2O5. The van der Waals surface area contributed by atoms with Gasteiger partial charge >= 0.3 is 6.18 Å². The van der Waals surface area contributed by atoms with Gasteiger partial charge in [0.05, 0.1) is 24.9 Å². The van der Waals surface area contributed by atoms with Gasteiger partial charge in [0.2, 0.25) is 0 Å². The van der Waals surface area contributed by atoms with Gasteiger partial charge in [0.1, 0.15) is 12.5 Å². The van der Waals surface area contributed by atoms with Gasteiger partial charge in [-0.1, -0.05) is 18.2 Å². The number of nitrogens with one attached hydrogen (secondary N) is 1. The van der Waals surface area contributed by atoms with E-state index in [9.17, 15) is 28.5 Å². The number of carboxylic acids is 1. The van der Waals surface area contributed by atoms with E-state index in [-0.39, 0.29) is 0 Å². The third-order valence-corrected chi connectivity index (χ3v) is 7.93. The van der Waals surface area contributed by atoms with E-state index < -0.39 is 35.0 Å². The number of piperidine rings is 1. The van der Waals surface area contributed by atoms with Gasteiger partial charge in [-0.3, -0.25) is 0 Å². The van der Waals surface area contributed by atoms with Crippen molar-refractivity contribution in [3.05, 3.63) is 35.5 Å². The van der Waals surface area contributed by atoms with Gasteiger partial charge < -0.3 is 34.7 Å². The van der Waals surface area contributed by atoms with Crippen LogP contribution < -0.4 is 5.11 Å². The zero-order chi connectivity index (χ0) is 23.0. The molecule has 4 heterocycles. The molecule has 2 aromatic rings. The van der Waals surface area contributed by atoms with Crippen molar-refractivity contribution in [3.63, 3.8) is 0 Å². The number of aromatic nitrogens is 1. The fourth-order valence-corrected chi connectivity index (χ4v) is 6.24. The standard InChI is InChI=1S/C19H25N2O3.C2HF3O2/c1-12(22)18(23)11-21-9-7-14-13-5-3-4-6-15(13)20-16(14)17(21,2)19(18,24)8-10-21;3-2(4,5)1(6)7/h3-6,12,20,22-24H,7-11H2,1-2H3;(H,6,7)/q+1;/p-1/t12-,17+,18-,19+,21?;/m1./s1. The number of carboxylic acid groups (broad SMARTS) is 1. The number of alkyl halides is 3. The Bertz CT molecular complexity index is 1050. The number of carbonyl (C=O) groups is 1. The summed E-state index contributed by atoms with van der Waals surface area (Å²) in [7, 11) is 0. The highest BCUT2D eigenvalue weighted by Gasteiger charge is 2.84. The summed E-state index contributed by atoms with van der Waals surface area (Å²) in [5.74, 6) is -3.01. The summed E-state index contributed by atoms with van der Waals surface area (Å²) >= 11 is 0. The van der Waals surface area contributed by atoms with Crippen molar-refractivity contribution in [2.45, 2.75) is 55.7 Å². The normalized spacial score (nSPS) is 37.0. The quantitative estimate of drug-likeness (QED) is 0.475. The number of nitrogens with zero attached hydrogens (tertiary/aromatic N) is 1. The lowest BCUT2D eigenvalue weighted by Gasteiger charge is -2.47. The molecule has 0 amide bonds. The van der Waals surface area contributed by atoms with Gasteiger partial charge in [0.15, 0.2) is 16.7 Å². The number of fused-ring (bicyclic) bond motifs is 3. The minimum Gasteiger partial charge on any atom is -0.542 e. The second-order valence-corrected chi connectivity index (χ2v) is 9.09. The highest BCUT2D eigenvalue weighted by Crippen LogP contribution is 2.64. The fourth-order valence-electron chi connectivity index (χ4n) is 6.24. The molecule has 1 aromatic carbocycles. The summed E-state index contributed by atoms with van der Waals surface area (Å²) < 4.78 is 32.2. The van der Waals surface area contributed by atoms with Gasteiger partial charge in [-0.05, 0) is 25.5 Å². The van der Waals surface area contributed by atoms with Crippen LogP contribution in [-0.4, -0.2) is 73.9 Å². The van der Waals surface area contributed by atoms with Gasteiger partial charge in [-0.25, -0.2) is 0 Å². The summed E-state index contributed by atoms with van der Waals surface area (Å²) in [6.07, 6.45) is -4.71. The molecule has 5 atom stereocenters. The van der Waals surface area contributed by atoms with Gasteiger partial charge in [-0.15, -0.1) is 0 Å². The minimum absolute atomic E-state index is 0.409. The Labute approximate surface area is 176 Å². The van der Waals surface area contributed by atoms with E-state index in [1.807, 2.05) is 12.1 Å². The van der Waals surface area contributed by atoms with E-state index in [2.05, 4.69) is 24.0 Å². The van der Waals surface area contributed by atoms with Crippen molar-refractivity contribution in [2.75, 3.05) is 19.6 Å². The molecule has 170 valence electrons. The maximum Gasteiger partial charge on any atom is 0.430 e. The number of aromatic amines is 1. The Morgan fingerprint density at radius 1 is 1.26 bits per heavy atom. The van der Waals surface area contributed by atoms with Crippen LogP contribution in [0.4, 0.5) is 13.2 Å². The number of aliphatic hydroxyl groups excluding tert-OH is 1. The molecule has 5 rings (SSSR count). The average Bonchev–Trinajstić information content (AvgIpc) is 3.22. The van der Waals surface area contributed by atoms with Crippen LogP contribution in [0.1, 0.15) is 31.5 Å². The molecule has 31 heavy (non-hydrogen) atoms. The Morgan fingerprint density at radius 2 is 1.87 bits per heavy atom. The third-order valence-electron chi connectivity index (χ3n) is 7.93. The number of halogens is 3. The van der Waals surface area contributed by atoms with E-state index in [1.165, 1.54) is 10.9 Å². The van der Waals surface area contributed by atoms with E-state index in [4.69, 9.17) is 9.90 Å². The third kappa shape index (κ3) is 2.59. The van der Waals surface area contributed by atoms with E-state index in [1.54, 1.807) is 6.92 Å². The second-order valence-electron chi connectivity index (χ2n) is 9.09. The number of hydrogen-bond acceptors (Lipinski definition) is 5. The number of rotatable bonds is 1. The molecule has 1 aromatic heterocycles. The Morgan fingerprint density at radius 3 is 2.45 bits per heavy atom. The molecule has 3 aliphatic rings. The fraction of sp³-hybridized carbons (Fsp3) is 0.571. The molecule has 1 unspecified atom stereocenters. The van der Waals surface area contributed by atoms with Crippen LogP contribution in [0.25, 0.3) is 10.9 Å². The lowest BCUT2D eigenvalue weighted by atomic mass is 9.68. The predicted octanol–water partition coefficient (Wildman–Crippen LogP) is 0.315. The van der Waals surface area contributed by atoms with Crippen LogP contribution >= 0.6 is 0 Å². The Kier molecular flexibility index (Phi) is 4.59. The molecule has 3 aliphatic heterocycles. The van der Waals surface area contributed by atoms with E-state index in [0.717, 1.165) is 30.7 Å². The van der Waals surface area contributed by atoms with Gasteiger partial charge in [-0.2, -0.15) is 13.2 Å². The summed E-state index contributed by atoms with van der Waals surface area (Å²) in [6.45, 7) is 5.82. The Hall–Kier alpha value is -2.14. The van der Waals surface area contributed by atoms with Crippen LogP contribution in [0.2, 0.25) is 0 Å². The van der Waals surface area contributed by atoms with Crippen LogP contribution in [0.15, 0.2) is 24.3 Å². The molecule has 2 saturated heterocycles. The average molecular weight is 442 g/mol. The maximum atomic E-state index is 11.7. The van der Waals surface area contributed by atoms with Crippen molar-refractivity contribution in [1.82, 2.24) is 4.98 Å². The van der Waals surface area contributed by atoms with Gasteiger partial charge in [0.25, 0.3) is 0 Å². The van der Waals surface area contributed by atoms with Crippen molar-refractivity contribution >= 4 is 16.9 Å². The summed E-state index contributed by atoms with van der Waals surface area (Å²) in [5.41, 5.74) is -0.0296. The first-order valence-electron chi connectivity index (χ1n) is 10.1. The number of aliphatic hydroxyl groups is 3. The molecule has 7 nitrogen and oxygen atoms in total. The number of aliphatic carboxylic acids is 1. The lowest BCUT2D eigenvalue weighted by molar-refractivity contribution is -0.966. The van der Waals surface area contributed by atoms with Crippen LogP contribution in [0.3, 0.4) is 0 Å². The maximum absolute atomic E-state index is 11.7. The second kappa shape index (κ2) is 6.44. The number of benzene rings is 1. The molecule has 4 N–H and O–H groups in total. The number of carbonyl (C=O) groups excluding carboxylic acids is 1. The van der Waals surface area contributed by atoms with Crippen molar-refractivity contribution in [3.8, 4) is 0 Å². The largest absolute Gasteiger partial charge is 0.542 e. The predicted molar refractivity (Wildman–Crippen MR) is 101 cm³/mol. The van der Waals surface area contributed by atoms with Crippen LogP contribution in [-0.2, 0) is 16.8 Å². The van der Waals surface area contributed by atoms with Crippen molar-refractivity contribution < 1.29 is 42.9 Å². The van der Waals surface area contributed by atoms with Crippen molar-refractivity contribution in [2.24, 2.45) is 0 Å². The van der Waals surface area contributed by atoms with Crippen LogP contribution in [0.5, 0.6) is 0 Å². The smallest absolute Gasteiger partial charge is 0.430 e. The lowest BCUT2D eigenvalue weighted by Crippen LogP contribution is -2.64. The first kappa shape index (κ1) is 22.1. The molecule has 0 saturated carbocycles. The summed E-state index contributed by atoms with van der Waals surface area (Å²) in [5, 5.41) is 43.3. The zero-order valence-corrected chi connectivity index (χ0v) is 17.2. The summed E-state index contributed by atoms with van der Waals surface area (Å²) in [4.78, 5) is 12.3. The number of H-pyrrole nitrogens is 1. The highest BCUT2D eigenvalue weighted by molar-refractivity contribution is 5.85. The first-order chi connectivity index (χ1) is 14.2. The molecule has 2 fully saturated rings. The summed E-state index contributed by atoms with van der Waals surface area (Å²) in [6, 6.07) is 8.25. The van der Waals surface area contributed by atoms with E-state index in [0.29, 0.717) is 17.4 Å². The molecule has 10 heteroatoms. The number of para-hydroxylation sites is 1. The molecule has 0 spiro atoms. The molecule has 0 radical (unpaired) electrons. The zero-order valence-electron chi connectivity index (χ0n) is 17.2. The first-order valence-corrected chi connectivity index (χ1v) is 10.1. The van der Waals surface area contributed by atoms with Crippen molar-refractivity contribution in [1.29, 1.82) is 0 Å². The van der Waals surface area contributed by atoms with E-state index >= 15 is 0 Å². The molecule has 2 bridgehead atoms. The molecular weight excluding hydrogens is 417 g/mol. The Balaban J connectivity index is 0.000000289. The SMILES string of the molecule is C[C@@H](O)[C@]1(O)C[N+]23CCc4c([nH]c5ccccc45)[C@@]2(C)[C@@]1(O)CC3.O=C([O-])C(F)(F)F. The minimum atomic E-state index is -5.19. The highest BCUT2D eigenvalue weighted by atomic mass is 19.4. The van der Waals surface area contributed by atoms with Gasteiger partial charge in [0, 0.05) is 23.7 Å². The molecule has 0 aliphatic carbocycles. The number of hydrogen-bond donors (Lipinski definition) is 4. The number of quaternary nitrogens is 1. The topological polar surface area (TPSA) is 117 Å². The monoisotopic (exact) mass is 442 g/mol. The van der Waals surface area contributed by atoms with Crippen LogP contribution in [0, 0.1) is 0 Å².